The number of halogens is 1. The Labute approximate surface area is 170 Å². The standard InChI is InChI=1S/C17H15ClN4O5S/c1-10-8-12(18)4-7-14(10)27-9-15(23)20-21-17(28)19-16(24)11-2-5-13(6-3-11)22(25)26/h2-8H,9H2,1H3,(H,20,23)(H2,19,21,24,28). The Balaban J connectivity index is 1.77. The maximum atomic E-state index is 12.0. The Bertz CT molecular complexity index is 920. The van der Waals surface area contributed by atoms with Crippen LogP contribution in [0, 0.1) is 17.0 Å². The highest BCUT2D eigenvalue weighted by atomic mass is 35.5. The van der Waals surface area contributed by atoms with E-state index in [1.54, 1.807) is 25.1 Å². The summed E-state index contributed by atoms with van der Waals surface area (Å²) in [5.41, 5.74) is 5.45. The molecule has 0 aromatic heterocycles. The molecule has 2 aromatic rings. The molecule has 3 N–H and O–H groups in total. The van der Waals surface area contributed by atoms with Gasteiger partial charge in [-0.1, -0.05) is 11.6 Å². The maximum Gasteiger partial charge on any atom is 0.276 e. The predicted octanol–water partition coefficient (Wildman–Crippen LogP) is 2.27. The fourth-order valence-electron chi connectivity index (χ4n) is 2.02. The van der Waals surface area contributed by atoms with Crippen LogP contribution in [0.2, 0.25) is 5.02 Å². The van der Waals surface area contributed by atoms with Crippen LogP contribution in [-0.4, -0.2) is 28.5 Å². The lowest BCUT2D eigenvalue weighted by molar-refractivity contribution is -0.384. The number of hydrogen-bond acceptors (Lipinski definition) is 6. The first-order valence-electron chi connectivity index (χ1n) is 7.80. The van der Waals surface area contributed by atoms with E-state index in [1.807, 2.05) is 0 Å². The largest absolute Gasteiger partial charge is 0.483 e. The quantitative estimate of drug-likeness (QED) is 0.383. The molecule has 9 nitrogen and oxygen atoms in total. The third-order valence-corrected chi connectivity index (χ3v) is 3.82. The molecule has 0 unspecified atom stereocenters. The van der Waals surface area contributed by atoms with Gasteiger partial charge in [0.15, 0.2) is 11.7 Å². The summed E-state index contributed by atoms with van der Waals surface area (Å²) >= 11 is 10.8. The summed E-state index contributed by atoms with van der Waals surface area (Å²) < 4.78 is 5.37. The highest BCUT2D eigenvalue weighted by Crippen LogP contribution is 2.21. The topological polar surface area (TPSA) is 123 Å². The normalized spacial score (nSPS) is 9.93. The fourth-order valence-corrected chi connectivity index (χ4v) is 2.39. The van der Waals surface area contributed by atoms with Gasteiger partial charge in [-0.3, -0.25) is 35.9 Å². The Hall–Kier alpha value is -3.24. The van der Waals surface area contributed by atoms with E-state index in [2.05, 4.69) is 16.2 Å². The number of non-ortho nitro benzene ring substituents is 1. The molecule has 0 bridgehead atoms. The summed E-state index contributed by atoms with van der Waals surface area (Å²) in [6, 6.07) is 9.96. The van der Waals surface area contributed by atoms with Crippen molar-refractivity contribution in [3.63, 3.8) is 0 Å². The summed E-state index contributed by atoms with van der Waals surface area (Å²) in [4.78, 5) is 33.8. The first-order chi connectivity index (χ1) is 13.3. The van der Waals surface area contributed by atoms with Gasteiger partial charge in [-0.2, -0.15) is 0 Å². The van der Waals surface area contributed by atoms with Crippen molar-refractivity contribution in [2.24, 2.45) is 0 Å². The Morgan fingerprint density at radius 1 is 1.18 bits per heavy atom. The van der Waals surface area contributed by atoms with Gasteiger partial charge in [0.2, 0.25) is 0 Å². The minimum absolute atomic E-state index is 0.138. The van der Waals surface area contributed by atoms with Crippen molar-refractivity contribution in [1.82, 2.24) is 16.2 Å². The molecule has 0 aliphatic carbocycles. The molecular weight excluding hydrogens is 408 g/mol. The molecule has 0 heterocycles. The highest BCUT2D eigenvalue weighted by molar-refractivity contribution is 7.80. The second-order valence-corrected chi connectivity index (χ2v) is 6.30. The van der Waals surface area contributed by atoms with Gasteiger partial charge in [-0.15, -0.1) is 0 Å². The molecule has 2 aromatic carbocycles. The zero-order valence-electron chi connectivity index (χ0n) is 14.5. The molecule has 0 radical (unpaired) electrons. The van der Waals surface area contributed by atoms with E-state index in [9.17, 15) is 19.7 Å². The van der Waals surface area contributed by atoms with Crippen LogP contribution in [-0.2, 0) is 4.79 Å². The van der Waals surface area contributed by atoms with Crippen molar-refractivity contribution < 1.29 is 19.2 Å². The number of nitro benzene ring substituents is 1. The number of nitro groups is 1. The van der Waals surface area contributed by atoms with Crippen molar-refractivity contribution in [2.75, 3.05) is 6.61 Å². The van der Waals surface area contributed by atoms with Crippen molar-refractivity contribution in [3.05, 3.63) is 68.7 Å². The maximum absolute atomic E-state index is 12.0. The van der Waals surface area contributed by atoms with Crippen LogP contribution in [0.3, 0.4) is 0 Å². The van der Waals surface area contributed by atoms with Crippen molar-refractivity contribution in [2.45, 2.75) is 6.92 Å². The average Bonchev–Trinajstić information content (AvgIpc) is 2.65. The number of nitrogens with one attached hydrogen (secondary N) is 3. The number of hydrazine groups is 1. The van der Waals surface area contributed by atoms with Crippen LogP contribution in [0.15, 0.2) is 42.5 Å². The molecule has 0 spiro atoms. The van der Waals surface area contributed by atoms with E-state index in [0.29, 0.717) is 10.8 Å². The van der Waals surface area contributed by atoms with E-state index in [-0.39, 0.29) is 23.0 Å². The van der Waals surface area contributed by atoms with Gasteiger partial charge in [-0.05, 0) is 55.0 Å². The van der Waals surface area contributed by atoms with E-state index in [0.717, 1.165) is 5.56 Å². The van der Waals surface area contributed by atoms with Gasteiger partial charge in [-0.25, -0.2) is 0 Å². The van der Waals surface area contributed by atoms with E-state index >= 15 is 0 Å². The van der Waals surface area contributed by atoms with Gasteiger partial charge in [0.1, 0.15) is 5.75 Å². The number of benzene rings is 2. The molecule has 0 fully saturated rings. The molecule has 0 saturated carbocycles. The average molecular weight is 423 g/mol. The SMILES string of the molecule is Cc1cc(Cl)ccc1OCC(=O)NNC(=S)NC(=O)c1ccc([N+](=O)[O-])cc1. The van der Waals surface area contributed by atoms with Crippen molar-refractivity contribution >= 4 is 46.4 Å². The fraction of sp³-hybridized carbons (Fsp3) is 0.118. The number of nitrogens with zero attached hydrogens (tertiary/aromatic N) is 1. The number of rotatable bonds is 5. The number of aryl methyl sites for hydroxylation is 1. The number of carbonyl (C=O) groups excluding carboxylic acids is 2. The smallest absolute Gasteiger partial charge is 0.276 e. The van der Waals surface area contributed by atoms with Crippen LogP contribution in [0.4, 0.5) is 5.69 Å². The van der Waals surface area contributed by atoms with Crippen LogP contribution in [0.25, 0.3) is 0 Å². The second kappa shape index (κ2) is 9.62. The number of carbonyl (C=O) groups is 2. The Morgan fingerprint density at radius 3 is 2.46 bits per heavy atom. The van der Waals surface area contributed by atoms with Crippen molar-refractivity contribution in [3.8, 4) is 5.75 Å². The molecule has 0 saturated heterocycles. The minimum Gasteiger partial charge on any atom is -0.483 e. The molecule has 0 atom stereocenters. The summed E-state index contributed by atoms with van der Waals surface area (Å²) in [7, 11) is 0. The zero-order chi connectivity index (χ0) is 20.7. The lowest BCUT2D eigenvalue weighted by Crippen LogP contribution is -2.49. The van der Waals surface area contributed by atoms with E-state index in [4.69, 9.17) is 28.6 Å². The first-order valence-corrected chi connectivity index (χ1v) is 8.58. The molecule has 2 amide bonds. The molecule has 28 heavy (non-hydrogen) atoms. The van der Waals surface area contributed by atoms with Gasteiger partial charge < -0.3 is 4.74 Å². The molecule has 2 rings (SSSR count). The van der Waals surface area contributed by atoms with Crippen LogP contribution in [0.5, 0.6) is 5.75 Å². The number of thiocarbonyl (C=S) groups is 1. The summed E-state index contributed by atoms with van der Waals surface area (Å²) in [6.07, 6.45) is 0. The van der Waals surface area contributed by atoms with Crippen molar-refractivity contribution in [1.29, 1.82) is 0 Å². The van der Waals surface area contributed by atoms with Gasteiger partial charge in [0, 0.05) is 22.7 Å². The van der Waals surface area contributed by atoms with Gasteiger partial charge in [0.05, 0.1) is 4.92 Å². The first kappa shape index (κ1) is 21.1. The number of ether oxygens (including phenoxy) is 1. The van der Waals surface area contributed by atoms with Gasteiger partial charge >= 0.3 is 0 Å². The minimum atomic E-state index is -0.588. The summed E-state index contributed by atoms with van der Waals surface area (Å²) in [5.74, 6) is -0.607. The highest BCUT2D eigenvalue weighted by Gasteiger charge is 2.11. The van der Waals surface area contributed by atoms with Crippen LogP contribution in [0.1, 0.15) is 15.9 Å². The monoisotopic (exact) mass is 422 g/mol. The molecular formula is C17H15ClN4O5S. The lowest BCUT2D eigenvalue weighted by Gasteiger charge is -2.12. The summed E-state index contributed by atoms with van der Waals surface area (Å²) in [6.45, 7) is 1.51. The molecule has 146 valence electrons. The van der Waals surface area contributed by atoms with Gasteiger partial charge in [0.25, 0.3) is 17.5 Å². The third kappa shape index (κ3) is 6.18. The summed E-state index contributed by atoms with van der Waals surface area (Å²) in [5, 5.41) is 13.3. The van der Waals surface area contributed by atoms with Crippen LogP contribution >= 0.6 is 23.8 Å². The third-order valence-electron chi connectivity index (χ3n) is 3.38. The Kier molecular flexibility index (Phi) is 7.24. The molecule has 0 aliphatic rings. The number of amides is 2. The Morgan fingerprint density at radius 2 is 1.86 bits per heavy atom. The number of hydrogen-bond donors (Lipinski definition) is 3. The second-order valence-electron chi connectivity index (χ2n) is 5.46. The van der Waals surface area contributed by atoms with Crippen LogP contribution < -0.4 is 20.9 Å². The molecule has 11 heteroatoms. The van der Waals surface area contributed by atoms with E-state index in [1.165, 1.54) is 24.3 Å². The zero-order valence-corrected chi connectivity index (χ0v) is 16.1. The lowest BCUT2D eigenvalue weighted by atomic mass is 10.2. The molecule has 0 aliphatic heterocycles. The predicted molar refractivity (Wildman–Crippen MR) is 106 cm³/mol. The van der Waals surface area contributed by atoms with E-state index < -0.39 is 16.7 Å².